The van der Waals surface area contributed by atoms with Crippen molar-refractivity contribution in [2.24, 2.45) is 0 Å². The molecule has 0 spiro atoms. The Labute approximate surface area is 160 Å². The second-order valence-corrected chi connectivity index (χ2v) is 6.16. The van der Waals surface area contributed by atoms with Crippen molar-refractivity contribution >= 4 is 11.9 Å². The standard InChI is InChI=1S/C22H26O5/c1-3-4-5-6-9-16-26-18-14-12-17(13-15-18)21(23)27-20-11-8-7-10-19(20)22(24)25-2/h7-8,10-15H,3-6,9,16H2,1-2H3. The van der Waals surface area contributed by atoms with Crippen LogP contribution in [0.2, 0.25) is 0 Å². The zero-order chi connectivity index (χ0) is 19.5. The van der Waals surface area contributed by atoms with Crippen LogP contribution >= 0.6 is 0 Å². The lowest BCUT2D eigenvalue weighted by atomic mass is 10.2. The minimum atomic E-state index is -0.555. The molecule has 27 heavy (non-hydrogen) atoms. The van der Waals surface area contributed by atoms with Crippen molar-refractivity contribution in [3.8, 4) is 11.5 Å². The van der Waals surface area contributed by atoms with E-state index in [0.717, 1.165) is 18.6 Å². The van der Waals surface area contributed by atoms with E-state index >= 15 is 0 Å². The van der Waals surface area contributed by atoms with Crippen molar-refractivity contribution in [1.82, 2.24) is 0 Å². The third-order valence-corrected chi connectivity index (χ3v) is 4.10. The van der Waals surface area contributed by atoms with Crippen LogP contribution in [0.5, 0.6) is 11.5 Å². The number of unbranched alkanes of at least 4 members (excludes halogenated alkanes) is 4. The topological polar surface area (TPSA) is 61.8 Å². The molecule has 0 amide bonds. The first-order valence-corrected chi connectivity index (χ1v) is 9.28. The number of methoxy groups -OCH3 is 1. The zero-order valence-electron chi connectivity index (χ0n) is 15.9. The molecule has 0 aliphatic carbocycles. The number of carbonyl (C=O) groups is 2. The summed E-state index contributed by atoms with van der Waals surface area (Å²) >= 11 is 0. The van der Waals surface area contributed by atoms with Gasteiger partial charge in [-0.1, -0.05) is 44.7 Å². The van der Waals surface area contributed by atoms with Crippen molar-refractivity contribution in [1.29, 1.82) is 0 Å². The summed E-state index contributed by atoms with van der Waals surface area (Å²) in [6.07, 6.45) is 5.90. The lowest BCUT2D eigenvalue weighted by molar-refractivity contribution is 0.0593. The molecule has 2 rings (SSSR count). The van der Waals surface area contributed by atoms with Crippen LogP contribution in [0, 0.1) is 0 Å². The molecule has 2 aromatic carbocycles. The lowest BCUT2D eigenvalue weighted by Crippen LogP contribution is -2.12. The van der Waals surface area contributed by atoms with Gasteiger partial charge in [0.25, 0.3) is 0 Å². The van der Waals surface area contributed by atoms with Gasteiger partial charge in [-0.15, -0.1) is 0 Å². The Morgan fingerprint density at radius 2 is 1.56 bits per heavy atom. The van der Waals surface area contributed by atoms with Gasteiger partial charge in [0.1, 0.15) is 17.1 Å². The van der Waals surface area contributed by atoms with E-state index in [1.165, 1.54) is 26.4 Å². The summed E-state index contributed by atoms with van der Waals surface area (Å²) in [5.74, 6) is -0.211. The molecule has 0 aromatic heterocycles. The molecular formula is C22H26O5. The molecule has 5 nitrogen and oxygen atoms in total. The Balaban J connectivity index is 1.90. The van der Waals surface area contributed by atoms with E-state index in [1.54, 1.807) is 48.5 Å². The quantitative estimate of drug-likeness (QED) is 0.333. The summed E-state index contributed by atoms with van der Waals surface area (Å²) < 4.78 is 15.7. The number of esters is 2. The summed E-state index contributed by atoms with van der Waals surface area (Å²) in [5, 5.41) is 0. The Morgan fingerprint density at radius 1 is 0.852 bits per heavy atom. The maximum atomic E-state index is 12.3. The largest absolute Gasteiger partial charge is 0.494 e. The van der Waals surface area contributed by atoms with Gasteiger partial charge in [0.2, 0.25) is 0 Å². The zero-order valence-corrected chi connectivity index (χ0v) is 15.9. The van der Waals surface area contributed by atoms with Gasteiger partial charge in [-0.2, -0.15) is 0 Å². The van der Waals surface area contributed by atoms with Gasteiger partial charge >= 0.3 is 11.9 Å². The highest BCUT2D eigenvalue weighted by atomic mass is 16.5. The number of hydrogen-bond donors (Lipinski definition) is 0. The molecule has 0 saturated heterocycles. The number of hydrogen-bond acceptors (Lipinski definition) is 5. The molecule has 0 aliphatic heterocycles. The molecule has 0 unspecified atom stereocenters. The normalized spacial score (nSPS) is 10.3. The van der Waals surface area contributed by atoms with Crippen LogP contribution in [0.15, 0.2) is 48.5 Å². The SMILES string of the molecule is CCCCCCCOc1ccc(C(=O)Oc2ccccc2C(=O)OC)cc1. The maximum Gasteiger partial charge on any atom is 0.343 e. The van der Waals surface area contributed by atoms with Crippen LogP contribution in [0.3, 0.4) is 0 Å². The summed E-state index contributed by atoms with van der Waals surface area (Å²) in [4.78, 5) is 24.1. The van der Waals surface area contributed by atoms with Crippen LogP contribution in [0.1, 0.15) is 59.7 Å². The van der Waals surface area contributed by atoms with Crippen molar-refractivity contribution < 1.29 is 23.8 Å². The number of para-hydroxylation sites is 1. The molecule has 0 atom stereocenters. The van der Waals surface area contributed by atoms with Gasteiger partial charge in [0.15, 0.2) is 0 Å². The van der Waals surface area contributed by atoms with Gasteiger partial charge in [-0.25, -0.2) is 9.59 Å². The molecule has 0 saturated carbocycles. The first kappa shape index (κ1) is 20.5. The predicted octanol–water partition coefficient (Wildman–Crippen LogP) is 5.04. The summed E-state index contributed by atoms with van der Waals surface area (Å²) in [5.41, 5.74) is 0.585. The third-order valence-electron chi connectivity index (χ3n) is 4.10. The minimum absolute atomic E-state index is 0.168. The summed E-state index contributed by atoms with van der Waals surface area (Å²) in [6, 6.07) is 13.3. The van der Waals surface area contributed by atoms with E-state index in [2.05, 4.69) is 6.92 Å². The number of benzene rings is 2. The molecule has 0 N–H and O–H groups in total. The van der Waals surface area contributed by atoms with Crippen molar-refractivity contribution in [3.05, 3.63) is 59.7 Å². The molecular weight excluding hydrogens is 344 g/mol. The Morgan fingerprint density at radius 3 is 2.26 bits per heavy atom. The van der Waals surface area contributed by atoms with Crippen LogP contribution in [-0.2, 0) is 4.74 Å². The maximum absolute atomic E-state index is 12.3. The first-order chi connectivity index (χ1) is 13.2. The monoisotopic (exact) mass is 370 g/mol. The number of carbonyl (C=O) groups excluding carboxylic acids is 2. The van der Waals surface area contributed by atoms with Gasteiger partial charge in [0.05, 0.1) is 19.3 Å². The molecule has 0 bridgehead atoms. The molecule has 5 heteroatoms. The Kier molecular flexibility index (Phi) is 8.36. The van der Waals surface area contributed by atoms with Gasteiger partial charge < -0.3 is 14.2 Å². The fourth-order valence-electron chi connectivity index (χ4n) is 2.58. The van der Waals surface area contributed by atoms with Crippen LogP contribution < -0.4 is 9.47 Å². The predicted molar refractivity (Wildman–Crippen MR) is 103 cm³/mol. The molecule has 0 heterocycles. The van der Waals surface area contributed by atoms with Crippen LogP contribution in [0.4, 0.5) is 0 Å². The highest BCUT2D eigenvalue weighted by Gasteiger charge is 2.16. The molecule has 0 fully saturated rings. The number of rotatable bonds is 10. The fourth-order valence-corrected chi connectivity index (χ4v) is 2.58. The molecule has 144 valence electrons. The molecule has 0 radical (unpaired) electrons. The summed E-state index contributed by atoms with van der Waals surface area (Å²) in [6.45, 7) is 2.86. The summed E-state index contributed by atoms with van der Waals surface area (Å²) in [7, 11) is 1.28. The third kappa shape index (κ3) is 6.44. The van der Waals surface area contributed by atoms with Gasteiger partial charge in [-0.3, -0.25) is 0 Å². The lowest BCUT2D eigenvalue weighted by Gasteiger charge is -2.09. The van der Waals surface area contributed by atoms with Crippen LogP contribution in [0.25, 0.3) is 0 Å². The van der Waals surface area contributed by atoms with E-state index in [-0.39, 0.29) is 11.3 Å². The molecule has 0 aliphatic rings. The van der Waals surface area contributed by atoms with Gasteiger partial charge in [-0.05, 0) is 42.8 Å². The van der Waals surface area contributed by atoms with Crippen LogP contribution in [-0.4, -0.2) is 25.7 Å². The second-order valence-electron chi connectivity index (χ2n) is 6.16. The minimum Gasteiger partial charge on any atom is -0.494 e. The van der Waals surface area contributed by atoms with E-state index in [4.69, 9.17) is 14.2 Å². The average Bonchev–Trinajstić information content (AvgIpc) is 2.71. The Bertz CT molecular complexity index is 737. The van der Waals surface area contributed by atoms with Crippen molar-refractivity contribution in [2.45, 2.75) is 39.0 Å². The first-order valence-electron chi connectivity index (χ1n) is 9.28. The fraction of sp³-hybridized carbons (Fsp3) is 0.364. The molecule has 2 aromatic rings. The van der Waals surface area contributed by atoms with E-state index in [9.17, 15) is 9.59 Å². The second kappa shape index (κ2) is 11.0. The van der Waals surface area contributed by atoms with E-state index in [0.29, 0.717) is 12.2 Å². The smallest absolute Gasteiger partial charge is 0.343 e. The van der Waals surface area contributed by atoms with Crippen molar-refractivity contribution in [2.75, 3.05) is 13.7 Å². The van der Waals surface area contributed by atoms with E-state index < -0.39 is 11.9 Å². The average molecular weight is 370 g/mol. The van der Waals surface area contributed by atoms with Gasteiger partial charge in [0, 0.05) is 0 Å². The Hall–Kier alpha value is -2.82. The highest BCUT2D eigenvalue weighted by molar-refractivity contribution is 5.96. The van der Waals surface area contributed by atoms with E-state index in [1.807, 2.05) is 0 Å². The van der Waals surface area contributed by atoms with Crippen molar-refractivity contribution in [3.63, 3.8) is 0 Å². The highest BCUT2D eigenvalue weighted by Crippen LogP contribution is 2.21. The number of ether oxygens (including phenoxy) is 3.